The van der Waals surface area contributed by atoms with Crippen molar-refractivity contribution in [3.05, 3.63) is 35.4 Å². The number of rotatable bonds is 3. The van der Waals surface area contributed by atoms with Gasteiger partial charge in [0.15, 0.2) is 11.6 Å². The normalized spacial score (nSPS) is 10.9. The Morgan fingerprint density at radius 2 is 2.00 bits per heavy atom. The van der Waals surface area contributed by atoms with Gasteiger partial charge < -0.3 is 9.84 Å². The first kappa shape index (κ1) is 10.7. The summed E-state index contributed by atoms with van der Waals surface area (Å²) < 4.78 is 30.9. The fourth-order valence-electron chi connectivity index (χ4n) is 1.08. The van der Waals surface area contributed by atoms with Gasteiger partial charge in [-0.2, -0.15) is 0 Å². The third-order valence-electron chi connectivity index (χ3n) is 1.69. The number of ether oxygens (including phenoxy) is 1. The van der Waals surface area contributed by atoms with Crippen LogP contribution < -0.4 is 4.74 Å². The van der Waals surface area contributed by atoms with Gasteiger partial charge in [-0.1, -0.05) is 6.08 Å². The molecule has 0 spiro atoms. The molecule has 0 amide bonds. The second-order valence-corrected chi connectivity index (χ2v) is 2.56. The van der Waals surface area contributed by atoms with Crippen molar-refractivity contribution in [1.82, 2.24) is 0 Å². The van der Waals surface area contributed by atoms with E-state index in [9.17, 15) is 8.78 Å². The van der Waals surface area contributed by atoms with Crippen LogP contribution in [0.5, 0.6) is 5.75 Å². The van der Waals surface area contributed by atoms with E-state index in [1.165, 1.54) is 19.3 Å². The lowest BCUT2D eigenvalue weighted by atomic mass is 10.1. The van der Waals surface area contributed by atoms with Crippen LogP contribution in [0.2, 0.25) is 0 Å². The number of benzene rings is 1. The molecule has 0 saturated heterocycles. The maximum atomic E-state index is 13.2. The molecule has 0 saturated carbocycles. The highest BCUT2D eigenvalue weighted by Gasteiger charge is 2.11. The van der Waals surface area contributed by atoms with Gasteiger partial charge >= 0.3 is 0 Å². The molecule has 0 bridgehead atoms. The molecule has 0 unspecified atom stereocenters. The van der Waals surface area contributed by atoms with Crippen LogP contribution in [0, 0.1) is 11.6 Å². The van der Waals surface area contributed by atoms with Gasteiger partial charge in [0.1, 0.15) is 5.82 Å². The Bertz CT molecular complexity index is 348. The average molecular weight is 200 g/mol. The highest BCUT2D eigenvalue weighted by atomic mass is 19.1. The van der Waals surface area contributed by atoms with E-state index in [1.54, 1.807) is 0 Å². The molecular weight excluding hydrogens is 190 g/mol. The molecule has 0 atom stereocenters. The van der Waals surface area contributed by atoms with E-state index >= 15 is 0 Å². The molecule has 0 aromatic heterocycles. The van der Waals surface area contributed by atoms with Crippen LogP contribution in [0.1, 0.15) is 5.56 Å². The molecule has 0 heterocycles. The minimum absolute atomic E-state index is 0.00144. The van der Waals surface area contributed by atoms with Gasteiger partial charge in [0.2, 0.25) is 0 Å². The van der Waals surface area contributed by atoms with Gasteiger partial charge in [0.05, 0.1) is 19.3 Å². The highest BCUT2D eigenvalue weighted by Crippen LogP contribution is 2.26. The number of methoxy groups -OCH3 is 1. The third kappa shape index (κ3) is 2.09. The maximum Gasteiger partial charge on any atom is 0.165 e. The minimum atomic E-state index is -0.633. The highest BCUT2D eigenvalue weighted by molar-refractivity contribution is 5.58. The lowest BCUT2D eigenvalue weighted by Gasteiger charge is -2.06. The Morgan fingerprint density at radius 3 is 2.57 bits per heavy atom. The fourth-order valence-corrected chi connectivity index (χ4v) is 1.08. The second kappa shape index (κ2) is 4.72. The zero-order valence-electron chi connectivity index (χ0n) is 7.63. The molecule has 1 rings (SSSR count). The zero-order chi connectivity index (χ0) is 10.6. The smallest absolute Gasteiger partial charge is 0.165 e. The summed E-state index contributed by atoms with van der Waals surface area (Å²) in [5.74, 6) is -1.38. The predicted molar refractivity (Wildman–Crippen MR) is 49.0 cm³/mol. The largest absolute Gasteiger partial charge is 0.493 e. The van der Waals surface area contributed by atoms with E-state index in [-0.39, 0.29) is 17.9 Å². The van der Waals surface area contributed by atoms with Crippen LogP contribution in [0.15, 0.2) is 18.2 Å². The lowest BCUT2D eigenvalue weighted by molar-refractivity contribution is 0.343. The van der Waals surface area contributed by atoms with Crippen LogP contribution in [0.25, 0.3) is 6.08 Å². The summed E-state index contributed by atoms with van der Waals surface area (Å²) >= 11 is 0. The van der Waals surface area contributed by atoms with Crippen LogP contribution in [-0.2, 0) is 0 Å². The van der Waals surface area contributed by atoms with Gasteiger partial charge in [-0.15, -0.1) is 0 Å². The summed E-state index contributed by atoms with van der Waals surface area (Å²) in [7, 11) is 1.26. The summed E-state index contributed by atoms with van der Waals surface area (Å²) in [6.45, 7) is -0.237. The van der Waals surface area contributed by atoms with Gasteiger partial charge in [-0.3, -0.25) is 0 Å². The minimum Gasteiger partial charge on any atom is -0.493 e. The van der Waals surface area contributed by atoms with Gasteiger partial charge in [-0.25, -0.2) is 8.78 Å². The molecule has 0 aliphatic heterocycles. The summed E-state index contributed by atoms with van der Waals surface area (Å²) in [6, 6.07) is 2.00. The van der Waals surface area contributed by atoms with Crippen molar-refractivity contribution in [2.45, 2.75) is 0 Å². The molecule has 1 aromatic rings. The molecule has 14 heavy (non-hydrogen) atoms. The Hall–Kier alpha value is -1.42. The van der Waals surface area contributed by atoms with Gasteiger partial charge in [-0.05, 0) is 18.2 Å². The van der Waals surface area contributed by atoms with Crippen molar-refractivity contribution in [2.75, 3.05) is 13.7 Å². The maximum absolute atomic E-state index is 13.2. The number of hydrogen-bond donors (Lipinski definition) is 1. The first-order valence-electron chi connectivity index (χ1n) is 4.00. The topological polar surface area (TPSA) is 29.5 Å². The molecular formula is C10H10F2O2. The Labute approximate surface area is 80.4 Å². The van der Waals surface area contributed by atoms with Crippen LogP contribution in [-0.4, -0.2) is 18.8 Å². The van der Waals surface area contributed by atoms with Crippen LogP contribution >= 0.6 is 0 Å². The summed E-state index contributed by atoms with van der Waals surface area (Å²) in [5, 5.41) is 8.51. The van der Waals surface area contributed by atoms with E-state index in [4.69, 9.17) is 9.84 Å². The Kier molecular flexibility index (Phi) is 3.59. The van der Waals surface area contributed by atoms with E-state index in [1.807, 2.05) is 0 Å². The summed E-state index contributed by atoms with van der Waals surface area (Å²) in [4.78, 5) is 0. The first-order chi connectivity index (χ1) is 6.70. The first-order valence-corrected chi connectivity index (χ1v) is 4.00. The van der Waals surface area contributed by atoms with Crippen molar-refractivity contribution in [3.63, 3.8) is 0 Å². The SMILES string of the molecule is COc1c(F)ccc(F)c1C=CCO. The number of aliphatic hydroxyl groups is 1. The Morgan fingerprint density at radius 1 is 1.36 bits per heavy atom. The Balaban J connectivity index is 3.22. The second-order valence-electron chi connectivity index (χ2n) is 2.56. The van der Waals surface area contributed by atoms with Crippen molar-refractivity contribution >= 4 is 6.08 Å². The van der Waals surface area contributed by atoms with Gasteiger partial charge in [0.25, 0.3) is 0 Å². The standard InChI is InChI=1S/C10H10F2O2/c1-14-10-7(3-2-6-13)8(11)4-5-9(10)12/h2-5,13H,6H2,1H3. The fraction of sp³-hybridized carbons (Fsp3) is 0.200. The van der Waals surface area contributed by atoms with E-state index in [0.717, 1.165) is 12.1 Å². The molecule has 1 N–H and O–H groups in total. The van der Waals surface area contributed by atoms with Gasteiger partial charge in [0, 0.05) is 0 Å². The molecule has 0 aliphatic carbocycles. The quantitative estimate of drug-likeness (QED) is 0.808. The van der Waals surface area contributed by atoms with E-state index in [2.05, 4.69) is 0 Å². The van der Waals surface area contributed by atoms with E-state index < -0.39 is 11.6 Å². The summed E-state index contributed by atoms with van der Waals surface area (Å²) in [5.41, 5.74) is 0.00144. The molecule has 76 valence electrons. The molecule has 4 heteroatoms. The molecule has 0 aliphatic rings. The van der Waals surface area contributed by atoms with Crippen molar-refractivity contribution in [1.29, 1.82) is 0 Å². The zero-order valence-corrected chi connectivity index (χ0v) is 7.63. The average Bonchev–Trinajstić information content (AvgIpc) is 2.19. The van der Waals surface area contributed by atoms with Crippen molar-refractivity contribution < 1.29 is 18.6 Å². The third-order valence-corrected chi connectivity index (χ3v) is 1.69. The van der Waals surface area contributed by atoms with E-state index in [0.29, 0.717) is 0 Å². The van der Waals surface area contributed by atoms with Crippen LogP contribution in [0.3, 0.4) is 0 Å². The van der Waals surface area contributed by atoms with Crippen molar-refractivity contribution in [3.8, 4) is 5.75 Å². The van der Waals surface area contributed by atoms with Crippen molar-refractivity contribution in [2.24, 2.45) is 0 Å². The molecule has 0 radical (unpaired) electrons. The number of halogens is 2. The number of hydrogen-bond acceptors (Lipinski definition) is 2. The molecule has 2 nitrogen and oxygen atoms in total. The van der Waals surface area contributed by atoms with Crippen LogP contribution in [0.4, 0.5) is 8.78 Å². The molecule has 1 aromatic carbocycles. The lowest BCUT2D eigenvalue weighted by Crippen LogP contribution is -1.94. The number of aliphatic hydroxyl groups excluding tert-OH is 1. The monoisotopic (exact) mass is 200 g/mol. The predicted octanol–water partition coefficient (Wildman–Crippen LogP) is 1.98. The summed E-state index contributed by atoms with van der Waals surface area (Å²) in [6.07, 6.45) is 2.58. The molecule has 0 fully saturated rings.